The molecule has 0 saturated heterocycles. The van der Waals surface area contributed by atoms with Crippen molar-refractivity contribution in [2.24, 2.45) is 23.2 Å². The molecule has 0 heterocycles. The van der Waals surface area contributed by atoms with Crippen LogP contribution in [0.4, 0.5) is 8.78 Å². The first-order valence-corrected chi connectivity index (χ1v) is 18.2. The van der Waals surface area contributed by atoms with Crippen molar-refractivity contribution >= 4 is 27.0 Å². The van der Waals surface area contributed by atoms with Crippen molar-refractivity contribution in [3.05, 3.63) is 91.0 Å². The summed E-state index contributed by atoms with van der Waals surface area (Å²) in [6.07, 6.45) is 5.94. The molecule has 236 valence electrons. The zero-order valence-electron chi connectivity index (χ0n) is 24.8. The minimum absolute atomic E-state index is 0.0106. The lowest BCUT2D eigenvalue weighted by atomic mass is 9.49. The van der Waals surface area contributed by atoms with Crippen LogP contribution >= 0.6 is 0 Å². The van der Waals surface area contributed by atoms with Crippen molar-refractivity contribution < 1.29 is 31.3 Å². The second-order valence-corrected chi connectivity index (χ2v) is 16.0. The van der Waals surface area contributed by atoms with Crippen LogP contribution in [0, 0.1) is 23.2 Å². The van der Waals surface area contributed by atoms with Crippen LogP contribution in [-0.4, -0.2) is 37.2 Å². The van der Waals surface area contributed by atoms with Gasteiger partial charge in [0.15, 0.2) is 14.7 Å². The van der Waals surface area contributed by atoms with Crippen LogP contribution in [0.1, 0.15) is 57.8 Å². The molecule has 4 bridgehead atoms. The zero-order valence-corrected chi connectivity index (χ0v) is 26.4. The van der Waals surface area contributed by atoms with Crippen molar-refractivity contribution in [1.82, 2.24) is 0 Å². The third-order valence-electron chi connectivity index (χ3n) is 8.97. The number of esters is 1. The van der Waals surface area contributed by atoms with Gasteiger partial charge in [0, 0.05) is 6.42 Å². The van der Waals surface area contributed by atoms with Crippen LogP contribution in [0.15, 0.2) is 106 Å². The average Bonchev–Trinajstić information content (AvgIpc) is 2.97. The minimum Gasteiger partial charge on any atom is -0.748 e. The van der Waals surface area contributed by atoms with Crippen molar-refractivity contribution in [2.75, 3.05) is 12.4 Å². The molecule has 44 heavy (non-hydrogen) atoms. The van der Waals surface area contributed by atoms with Crippen LogP contribution in [0.5, 0.6) is 0 Å². The molecule has 7 rings (SSSR count). The molecule has 0 radical (unpaired) electrons. The van der Waals surface area contributed by atoms with E-state index in [1.54, 1.807) is 0 Å². The molecular formula is C35H40F2O5S2. The van der Waals surface area contributed by atoms with Crippen LogP contribution in [-0.2, 0) is 30.5 Å². The fourth-order valence-corrected chi connectivity index (χ4v) is 10.3. The summed E-state index contributed by atoms with van der Waals surface area (Å²) in [6.45, 7) is 0.0702. The van der Waals surface area contributed by atoms with Gasteiger partial charge in [0.25, 0.3) is 5.92 Å². The van der Waals surface area contributed by atoms with E-state index in [1.807, 2.05) is 0 Å². The molecule has 0 spiro atoms. The molecule has 4 fully saturated rings. The second kappa shape index (κ2) is 14.1. The summed E-state index contributed by atoms with van der Waals surface area (Å²) < 4.78 is 63.3. The van der Waals surface area contributed by atoms with Gasteiger partial charge in [0.2, 0.25) is 0 Å². The molecular weight excluding hydrogens is 603 g/mol. The maximum Gasteiger partial charge on any atom is 0.312 e. The summed E-state index contributed by atoms with van der Waals surface area (Å²) in [5, 5.41) is 0. The van der Waals surface area contributed by atoms with Gasteiger partial charge < -0.3 is 9.29 Å². The highest BCUT2D eigenvalue weighted by molar-refractivity contribution is 7.97. The van der Waals surface area contributed by atoms with E-state index in [4.69, 9.17) is 4.74 Å². The minimum atomic E-state index is -4.95. The lowest BCUT2D eigenvalue weighted by Gasteiger charge is -2.55. The Morgan fingerprint density at radius 3 is 1.57 bits per heavy atom. The van der Waals surface area contributed by atoms with Crippen LogP contribution in [0.3, 0.4) is 0 Å². The molecule has 4 saturated carbocycles. The van der Waals surface area contributed by atoms with E-state index in [9.17, 15) is 26.5 Å². The number of benzene rings is 3. The fraction of sp³-hybridized carbons (Fsp3) is 0.457. The molecule has 0 aliphatic heterocycles. The van der Waals surface area contributed by atoms with Crippen molar-refractivity contribution in [3.63, 3.8) is 0 Å². The lowest BCUT2D eigenvalue weighted by molar-refractivity contribution is -0.171. The maximum atomic E-state index is 13.3. The summed E-state index contributed by atoms with van der Waals surface area (Å²) in [5.74, 6) is -3.48. The molecule has 3 aromatic rings. The Labute approximate surface area is 262 Å². The Bertz CT molecular complexity index is 1340. The highest BCUT2D eigenvalue weighted by atomic mass is 32.2. The van der Waals surface area contributed by atoms with Gasteiger partial charge in [0.1, 0.15) is 15.9 Å². The maximum absolute atomic E-state index is 13.3. The Morgan fingerprint density at radius 1 is 0.773 bits per heavy atom. The SMILES string of the molecule is O=C(OCCCCC(F)(F)CS(=O)(=O)[O-])C12CC3CC(CC(C3)C1)C2.c1ccc([S+](c2ccccc2)c2ccccc2)cc1. The van der Waals surface area contributed by atoms with E-state index in [-0.39, 0.29) is 41.7 Å². The summed E-state index contributed by atoms with van der Waals surface area (Å²) in [6, 6.07) is 32.2. The molecule has 3 aromatic carbocycles. The van der Waals surface area contributed by atoms with E-state index >= 15 is 0 Å². The van der Waals surface area contributed by atoms with Crippen LogP contribution in [0.25, 0.3) is 0 Å². The first-order valence-electron chi connectivity index (χ1n) is 15.4. The van der Waals surface area contributed by atoms with Crippen molar-refractivity contribution in [3.8, 4) is 0 Å². The summed E-state index contributed by atoms with van der Waals surface area (Å²) >= 11 is 0. The molecule has 4 aliphatic rings. The molecule has 0 N–H and O–H groups in total. The summed E-state index contributed by atoms with van der Waals surface area (Å²) in [4.78, 5) is 16.6. The number of hydrogen-bond donors (Lipinski definition) is 0. The van der Waals surface area contributed by atoms with E-state index in [2.05, 4.69) is 91.0 Å². The van der Waals surface area contributed by atoms with Crippen LogP contribution in [0.2, 0.25) is 0 Å². The van der Waals surface area contributed by atoms with E-state index in [0.717, 1.165) is 19.3 Å². The molecule has 0 amide bonds. The highest BCUT2D eigenvalue weighted by Crippen LogP contribution is 2.60. The Hall–Kier alpha value is -2.75. The molecule has 5 nitrogen and oxygen atoms in total. The van der Waals surface area contributed by atoms with Crippen LogP contribution < -0.4 is 0 Å². The van der Waals surface area contributed by atoms with Gasteiger partial charge >= 0.3 is 5.97 Å². The van der Waals surface area contributed by atoms with Gasteiger partial charge in [-0.15, -0.1) is 0 Å². The van der Waals surface area contributed by atoms with E-state index in [1.165, 1.54) is 33.9 Å². The standard InChI is InChI=1S/C18H15S.C17H26F2O5S/c1-4-10-16(11-5-1)19(17-12-6-2-7-13-17)18-14-8-3-9-15-18;18-17(19,11-25(21,22)23)3-1-2-4-24-15(20)16-8-12-5-13(9-16)7-14(6-12)10-16/h1-15H;12-14H,1-11H2,(H,21,22,23)/q+1;/p-1. The largest absolute Gasteiger partial charge is 0.748 e. The third-order valence-corrected chi connectivity index (χ3v) is 12.0. The lowest BCUT2D eigenvalue weighted by Crippen LogP contribution is -2.50. The third kappa shape index (κ3) is 8.70. The zero-order chi connectivity index (χ0) is 31.2. The molecule has 9 heteroatoms. The summed E-state index contributed by atoms with van der Waals surface area (Å²) in [7, 11) is -4.96. The number of hydrogen-bond acceptors (Lipinski definition) is 5. The quantitative estimate of drug-likeness (QED) is 0.0920. The van der Waals surface area contributed by atoms with Gasteiger partial charge in [-0.1, -0.05) is 54.6 Å². The predicted octanol–water partition coefficient (Wildman–Crippen LogP) is 7.88. The fourth-order valence-electron chi connectivity index (χ4n) is 7.57. The number of alkyl halides is 2. The van der Waals surface area contributed by atoms with Gasteiger partial charge in [-0.3, -0.25) is 4.79 Å². The normalized spacial score (nSPS) is 24.0. The summed E-state index contributed by atoms with van der Waals surface area (Å²) in [5.41, 5.74) is -0.352. The first kappa shape index (κ1) is 32.6. The highest BCUT2D eigenvalue weighted by Gasteiger charge is 2.55. The van der Waals surface area contributed by atoms with Crippen molar-refractivity contribution in [1.29, 1.82) is 0 Å². The van der Waals surface area contributed by atoms with Gasteiger partial charge in [0.05, 0.1) is 22.9 Å². The molecule has 0 aromatic heterocycles. The number of halogens is 2. The van der Waals surface area contributed by atoms with E-state index < -0.39 is 28.2 Å². The second-order valence-electron chi connectivity index (χ2n) is 12.6. The molecule has 0 atom stereocenters. The van der Waals surface area contributed by atoms with E-state index in [0.29, 0.717) is 17.8 Å². The monoisotopic (exact) mass is 642 g/mol. The smallest absolute Gasteiger partial charge is 0.312 e. The number of ether oxygens (including phenoxy) is 1. The average molecular weight is 643 g/mol. The van der Waals surface area contributed by atoms with Crippen molar-refractivity contribution in [2.45, 2.75) is 78.4 Å². The first-order chi connectivity index (χ1) is 21.0. The number of rotatable bonds is 11. The number of carbonyl (C=O) groups is 1. The predicted molar refractivity (Wildman–Crippen MR) is 166 cm³/mol. The Kier molecular flexibility index (Phi) is 10.5. The topological polar surface area (TPSA) is 83.5 Å². The van der Waals surface area contributed by atoms with Gasteiger partial charge in [-0.2, -0.15) is 0 Å². The van der Waals surface area contributed by atoms with Gasteiger partial charge in [-0.25, -0.2) is 17.2 Å². The van der Waals surface area contributed by atoms with Gasteiger partial charge in [-0.05, 0) is 106 Å². The molecule has 0 unspecified atom stereocenters. The Balaban J connectivity index is 0.000000181. The molecule has 4 aliphatic carbocycles. The Morgan fingerprint density at radius 2 is 1.18 bits per heavy atom. The number of carbonyl (C=O) groups excluding carboxylic acids is 1. The number of unbranched alkanes of at least 4 members (excludes halogenated alkanes) is 1.